The minimum absolute atomic E-state index is 0. The topological polar surface area (TPSA) is 23.6 Å². The Balaban J connectivity index is 0.00000400. The monoisotopic (exact) mass is 522 g/mol. The van der Waals surface area contributed by atoms with Crippen LogP contribution >= 0.6 is 0 Å². The first-order valence-electron chi connectivity index (χ1n) is 12.7. The Hall–Kier alpha value is -2.58. The molecule has 8 heteroatoms. The Morgan fingerprint density at radius 3 is 2.51 bits per heavy atom. The summed E-state index contributed by atoms with van der Waals surface area (Å²) in [5.74, 6) is -4.81. The first kappa shape index (κ1) is 27.5. The van der Waals surface area contributed by atoms with E-state index in [1.54, 1.807) is 31.2 Å². The van der Waals surface area contributed by atoms with Crippen LogP contribution in [0.15, 0.2) is 35.9 Å². The highest BCUT2D eigenvalue weighted by Crippen LogP contribution is 2.42. The van der Waals surface area contributed by atoms with E-state index in [0.29, 0.717) is 42.6 Å². The maximum Gasteiger partial charge on any atom is 0.257 e. The van der Waals surface area contributed by atoms with Crippen LogP contribution in [0.5, 0.6) is 0 Å². The van der Waals surface area contributed by atoms with Gasteiger partial charge in [-0.1, -0.05) is 23.8 Å². The van der Waals surface area contributed by atoms with E-state index in [1.807, 2.05) is 0 Å². The van der Waals surface area contributed by atoms with Crippen LogP contribution in [-0.4, -0.2) is 60.4 Å². The number of fused-ring (bicyclic) bond motifs is 1. The number of benzene rings is 2. The molecule has 0 saturated carbocycles. The molecule has 0 bridgehead atoms. The van der Waals surface area contributed by atoms with E-state index < -0.39 is 36.2 Å². The molecule has 0 aliphatic carbocycles. The van der Waals surface area contributed by atoms with Crippen molar-refractivity contribution < 1.29 is 28.2 Å². The van der Waals surface area contributed by atoms with Crippen molar-refractivity contribution in [3.05, 3.63) is 75.4 Å². The van der Waals surface area contributed by atoms with Gasteiger partial charge in [0.1, 0.15) is 11.6 Å². The molecule has 0 radical (unpaired) electrons. The summed E-state index contributed by atoms with van der Waals surface area (Å²) in [6.07, 6.45) is 3.33. The largest absolute Gasteiger partial charge is 0.299 e. The summed E-state index contributed by atoms with van der Waals surface area (Å²) in [4.78, 5) is 15.5. The summed E-state index contributed by atoms with van der Waals surface area (Å²) in [7, 11) is 0. The smallest absolute Gasteiger partial charge is 0.257 e. The third-order valence-corrected chi connectivity index (χ3v) is 7.25. The van der Waals surface area contributed by atoms with Gasteiger partial charge in [-0.05, 0) is 68.0 Å². The van der Waals surface area contributed by atoms with Gasteiger partial charge < -0.3 is 0 Å². The standard InChI is InChI=1S/C29H33F5N2O.H2/c1-18-11-23-15-22(19(2)37)5-6-24(23)28(36(18)17-29(3,33)34)27-25(31)13-21(14-26(27)32)12-20-7-10-35(16-20)9-4-8-30;/h5-6,12-15,18,28H,4,7-11,16-17H2,1-3H3;1H/b20-12-;/t18-,28+;/m1./s1. The van der Waals surface area contributed by atoms with Gasteiger partial charge in [0.2, 0.25) is 0 Å². The first-order valence-corrected chi connectivity index (χ1v) is 12.7. The van der Waals surface area contributed by atoms with Crippen LogP contribution in [0.1, 0.15) is 73.7 Å². The lowest BCUT2D eigenvalue weighted by atomic mass is 9.83. The minimum Gasteiger partial charge on any atom is -0.299 e. The molecule has 0 unspecified atom stereocenters. The van der Waals surface area contributed by atoms with Crippen LogP contribution in [0.3, 0.4) is 0 Å². The molecule has 3 nitrogen and oxygen atoms in total. The van der Waals surface area contributed by atoms with E-state index in [1.165, 1.54) is 24.0 Å². The third kappa shape index (κ3) is 6.29. The van der Waals surface area contributed by atoms with E-state index in [0.717, 1.165) is 31.0 Å². The van der Waals surface area contributed by atoms with Gasteiger partial charge in [0.05, 0.1) is 19.3 Å². The third-order valence-electron chi connectivity index (χ3n) is 7.25. The molecule has 4 rings (SSSR count). The number of Topliss-reactive ketones (excluding diaryl/α,β-unsaturated/α-hetero) is 1. The quantitative estimate of drug-likeness (QED) is 0.280. The van der Waals surface area contributed by atoms with E-state index in [-0.39, 0.29) is 19.4 Å². The minimum atomic E-state index is -3.07. The van der Waals surface area contributed by atoms with Gasteiger partial charge in [0.15, 0.2) is 5.78 Å². The van der Waals surface area contributed by atoms with Crippen molar-refractivity contribution in [2.24, 2.45) is 0 Å². The maximum absolute atomic E-state index is 15.7. The summed E-state index contributed by atoms with van der Waals surface area (Å²) < 4.78 is 72.2. The average molecular weight is 523 g/mol. The molecular formula is C29H35F5N2O. The number of carbonyl (C=O) groups excluding carboxylic acids is 1. The molecule has 2 heterocycles. The Morgan fingerprint density at radius 2 is 1.89 bits per heavy atom. The number of halogens is 5. The molecule has 2 aromatic rings. The normalized spacial score (nSPS) is 22.0. The van der Waals surface area contributed by atoms with Crippen LogP contribution in [0.2, 0.25) is 0 Å². The van der Waals surface area contributed by atoms with Gasteiger partial charge in [-0.25, -0.2) is 17.6 Å². The number of hydrogen-bond donors (Lipinski definition) is 0. The summed E-state index contributed by atoms with van der Waals surface area (Å²) in [5, 5.41) is 0. The summed E-state index contributed by atoms with van der Waals surface area (Å²) in [5.41, 5.74) is 2.82. The fourth-order valence-corrected chi connectivity index (χ4v) is 5.55. The van der Waals surface area contributed by atoms with Gasteiger partial charge in [0, 0.05) is 45.2 Å². The van der Waals surface area contributed by atoms with Crippen molar-refractivity contribution in [3.8, 4) is 0 Å². The molecule has 2 aliphatic heterocycles. The van der Waals surface area contributed by atoms with Crippen molar-refractivity contribution in [2.45, 2.75) is 58.0 Å². The molecule has 1 saturated heterocycles. The van der Waals surface area contributed by atoms with Crippen molar-refractivity contribution in [1.82, 2.24) is 9.80 Å². The van der Waals surface area contributed by atoms with Crippen LogP contribution in [0.4, 0.5) is 22.0 Å². The summed E-state index contributed by atoms with van der Waals surface area (Å²) in [6.45, 7) is 4.98. The molecule has 0 spiro atoms. The summed E-state index contributed by atoms with van der Waals surface area (Å²) >= 11 is 0. The Kier molecular flexibility index (Phi) is 8.19. The van der Waals surface area contributed by atoms with Crippen LogP contribution in [0, 0.1) is 11.6 Å². The Labute approximate surface area is 216 Å². The van der Waals surface area contributed by atoms with Crippen LogP contribution in [0.25, 0.3) is 6.08 Å². The second-order valence-electron chi connectivity index (χ2n) is 10.4. The second kappa shape index (κ2) is 11.0. The van der Waals surface area contributed by atoms with Gasteiger partial charge in [-0.3, -0.25) is 19.0 Å². The number of carbonyl (C=O) groups is 1. The lowest BCUT2D eigenvalue weighted by molar-refractivity contribution is -0.0371. The molecular weight excluding hydrogens is 487 g/mol. The first-order chi connectivity index (χ1) is 17.5. The second-order valence-corrected chi connectivity index (χ2v) is 10.4. The molecule has 202 valence electrons. The highest BCUT2D eigenvalue weighted by molar-refractivity contribution is 5.94. The maximum atomic E-state index is 15.7. The molecule has 0 aromatic heterocycles. The number of hydrogen-bond acceptors (Lipinski definition) is 3. The highest BCUT2D eigenvalue weighted by Gasteiger charge is 2.40. The Bertz CT molecular complexity index is 1170. The van der Waals surface area contributed by atoms with Gasteiger partial charge >= 0.3 is 0 Å². The van der Waals surface area contributed by atoms with Gasteiger partial charge in [0.25, 0.3) is 5.92 Å². The van der Waals surface area contributed by atoms with E-state index in [9.17, 15) is 18.0 Å². The molecule has 37 heavy (non-hydrogen) atoms. The predicted molar refractivity (Wildman–Crippen MR) is 137 cm³/mol. The summed E-state index contributed by atoms with van der Waals surface area (Å²) in [6, 6.07) is 5.92. The molecule has 2 atom stereocenters. The fraction of sp³-hybridized carbons (Fsp3) is 0.483. The van der Waals surface area contributed by atoms with Gasteiger partial charge in [-0.2, -0.15) is 0 Å². The molecule has 0 amide bonds. The number of nitrogens with zero attached hydrogens (tertiary/aromatic N) is 2. The van der Waals surface area contributed by atoms with Crippen molar-refractivity contribution in [3.63, 3.8) is 0 Å². The SMILES string of the molecule is CC(=O)c1ccc2c(c1)C[C@@H](C)N(CC(C)(F)F)[C@@H]2c1c(F)cc(/C=C2/CCN(CCCF)C2)cc1F.[HH]. The zero-order valence-electron chi connectivity index (χ0n) is 21.5. The van der Waals surface area contributed by atoms with Crippen molar-refractivity contribution in [2.75, 3.05) is 32.9 Å². The van der Waals surface area contributed by atoms with E-state index in [2.05, 4.69) is 4.90 Å². The lowest BCUT2D eigenvalue weighted by Crippen LogP contribution is -2.48. The molecule has 0 N–H and O–H groups in total. The van der Waals surface area contributed by atoms with Crippen LogP contribution < -0.4 is 0 Å². The molecule has 2 aromatic carbocycles. The van der Waals surface area contributed by atoms with Crippen molar-refractivity contribution in [1.29, 1.82) is 0 Å². The number of ketones is 1. The lowest BCUT2D eigenvalue weighted by Gasteiger charge is -2.43. The van der Waals surface area contributed by atoms with Crippen LogP contribution in [-0.2, 0) is 6.42 Å². The average Bonchev–Trinajstić information content (AvgIpc) is 3.25. The van der Waals surface area contributed by atoms with Gasteiger partial charge in [-0.15, -0.1) is 0 Å². The number of alkyl halides is 3. The number of likely N-dealkylation sites (tertiary alicyclic amines) is 1. The van der Waals surface area contributed by atoms with E-state index in [4.69, 9.17) is 0 Å². The fourth-order valence-electron chi connectivity index (χ4n) is 5.55. The highest BCUT2D eigenvalue weighted by atomic mass is 19.3. The Morgan fingerprint density at radius 1 is 1.19 bits per heavy atom. The zero-order valence-corrected chi connectivity index (χ0v) is 21.5. The van der Waals surface area contributed by atoms with E-state index >= 15 is 8.78 Å². The zero-order chi connectivity index (χ0) is 26.9. The number of rotatable bonds is 8. The molecule has 2 aliphatic rings. The predicted octanol–water partition coefficient (Wildman–Crippen LogP) is 6.85. The molecule has 1 fully saturated rings. The van der Waals surface area contributed by atoms with Crippen molar-refractivity contribution >= 4 is 11.9 Å².